The molecule has 2 aliphatic rings. The molecule has 4 aromatic rings. The Bertz CT molecular complexity index is 1160. The summed E-state index contributed by atoms with van der Waals surface area (Å²) < 4.78 is 27.0. The van der Waals surface area contributed by atoms with Gasteiger partial charge in [-0.1, -0.05) is 60.7 Å². The Kier molecular flexibility index (Phi) is 4.15. The molecule has 2 unspecified atom stereocenters. The predicted octanol–water partition coefficient (Wildman–Crippen LogP) is 6.80. The van der Waals surface area contributed by atoms with Gasteiger partial charge in [0, 0.05) is 17.0 Å². The van der Waals surface area contributed by atoms with E-state index in [1.165, 1.54) is 0 Å². The molecule has 0 aromatic heterocycles. The fourth-order valence-corrected chi connectivity index (χ4v) is 4.96. The van der Waals surface area contributed by atoms with Crippen molar-refractivity contribution >= 4 is 21.5 Å². The lowest BCUT2D eigenvalue weighted by Crippen LogP contribution is -2.39. The molecule has 0 bridgehead atoms. The monoisotopic (exact) mass is 398 g/mol. The maximum Gasteiger partial charge on any atom is 0.127 e. The van der Waals surface area contributed by atoms with Crippen molar-refractivity contribution in [1.29, 1.82) is 0 Å². The Morgan fingerprint density at radius 3 is 1.63 bits per heavy atom. The van der Waals surface area contributed by atoms with Crippen LogP contribution in [0.25, 0.3) is 32.7 Å². The van der Waals surface area contributed by atoms with Crippen molar-refractivity contribution in [3.8, 4) is 22.6 Å². The Hall–Kier alpha value is -3.07. The standard InChI is InChI=1S/C27H23FO2/c28-23-12-11-20(23)19-15-29-24-13-9-17-5-1-3-7-21(17)26(24)27-22-8-4-2-6-18(22)10-14-25(27)30-16-19/h1-10,13-14,19-20,23H,11-12,15-16H2. The van der Waals surface area contributed by atoms with Crippen molar-refractivity contribution in [1.82, 2.24) is 0 Å². The van der Waals surface area contributed by atoms with Crippen LogP contribution in [0.15, 0.2) is 72.8 Å². The number of benzene rings is 4. The molecule has 0 spiro atoms. The topological polar surface area (TPSA) is 18.5 Å². The normalized spacial score (nSPS) is 21.4. The molecule has 2 nitrogen and oxygen atoms in total. The molecular weight excluding hydrogens is 375 g/mol. The van der Waals surface area contributed by atoms with Gasteiger partial charge in [-0.2, -0.15) is 0 Å². The Morgan fingerprint density at radius 2 is 1.17 bits per heavy atom. The maximum absolute atomic E-state index is 14.2. The van der Waals surface area contributed by atoms with Crippen LogP contribution in [0.1, 0.15) is 12.8 Å². The second kappa shape index (κ2) is 7.02. The van der Waals surface area contributed by atoms with E-state index in [1.54, 1.807) is 0 Å². The molecule has 30 heavy (non-hydrogen) atoms. The fraction of sp³-hybridized carbons (Fsp3) is 0.259. The number of halogens is 1. The molecule has 1 aliphatic carbocycles. The first-order chi connectivity index (χ1) is 14.8. The molecule has 0 saturated heterocycles. The molecule has 150 valence electrons. The van der Waals surface area contributed by atoms with Gasteiger partial charge < -0.3 is 9.47 Å². The SMILES string of the molecule is FC1CCC1C1COc2ccc3ccccc3c2-c2c(ccc3ccccc23)OC1. The molecule has 3 heteroatoms. The first-order valence-corrected chi connectivity index (χ1v) is 10.7. The summed E-state index contributed by atoms with van der Waals surface area (Å²) in [6.45, 7) is 0.949. The van der Waals surface area contributed by atoms with E-state index >= 15 is 0 Å². The lowest BCUT2D eigenvalue weighted by Gasteiger charge is -2.36. The number of fused-ring (bicyclic) bond motifs is 7. The number of rotatable bonds is 1. The van der Waals surface area contributed by atoms with Crippen LogP contribution in [-0.2, 0) is 0 Å². The van der Waals surface area contributed by atoms with Gasteiger partial charge in [0.25, 0.3) is 0 Å². The lowest BCUT2D eigenvalue weighted by atomic mass is 9.75. The zero-order chi connectivity index (χ0) is 20.1. The smallest absolute Gasteiger partial charge is 0.127 e. The van der Waals surface area contributed by atoms with Crippen LogP contribution in [-0.4, -0.2) is 19.4 Å². The average molecular weight is 398 g/mol. The van der Waals surface area contributed by atoms with Crippen molar-refractivity contribution in [2.75, 3.05) is 13.2 Å². The second-order valence-corrected chi connectivity index (χ2v) is 8.46. The Morgan fingerprint density at radius 1 is 0.633 bits per heavy atom. The van der Waals surface area contributed by atoms with Crippen LogP contribution in [0.3, 0.4) is 0 Å². The first-order valence-electron chi connectivity index (χ1n) is 10.7. The largest absolute Gasteiger partial charge is 0.492 e. The highest BCUT2D eigenvalue weighted by atomic mass is 19.1. The molecule has 1 heterocycles. The van der Waals surface area contributed by atoms with Crippen molar-refractivity contribution in [3.63, 3.8) is 0 Å². The third-order valence-electron chi connectivity index (χ3n) is 6.78. The highest BCUT2D eigenvalue weighted by Crippen LogP contribution is 2.47. The predicted molar refractivity (Wildman–Crippen MR) is 119 cm³/mol. The van der Waals surface area contributed by atoms with Crippen LogP contribution in [0.4, 0.5) is 4.39 Å². The van der Waals surface area contributed by atoms with Gasteiger partial charge in [-0.15, -0.1) is 0 Å². The van der Waals surface area contributed by atoms with E-state index < -0.39 is 6.17 Å². The van der Waals surface area contributed by atoms with Gasteiger partial charge >= 0.3 is 0 Å². The van der Waals surface area contributed by atoms with Crippen LogP contribution in [0.5, 0.6) is 11.5 Å². The van der Waals surface area contributed by atoms with Crippen molar-refractivity contribution < 1.29 is 13.9 Å². The quantitative estimate of drug-likeness (QED) is 0.351. The van der Waals surface area contributed by atoms with Gasteiger partial charge in [0.15, 0.2) is 0 Å². The van der Waals surface area contributed by atoms with Crippen molar-refractivity contribution in [2.45, 2.75) is 19.0 Å². The fourth-order valence-electron chi connectivity index (χ4n) is 4.96. The van der Waals surface area contributed by atoms with E-state index in [2.05, 4.69) is 72.8 Å². The highest BCUT2D eigenvalue weighted by molar-refractivity contribution is 6.09. The third-order valence-corrected chi connectivity index (χ3v) is 6.78. The molecule has 0 radical (unpaired) electrons. The van der Waals surface area contributed by atoms with Gasteiger partial charge in [-0.3, -0.25) is 0 Å². The van der Waals surface area contributed by atoms with E-state index in [0.717, 1.165) is 50.6 Å². The summed E-state index contributed by atoms with van der Waals surface area (Å²) in [6.07, 6.45) is 0.826. The van der Waals surface area contributed by atoms with E-state index in [4.69, 9.17) is 9.47 Å². The molecule has 1 fully saturated rings. The van der Waals surface area contributed by atoms with E-state index in [-0.39, 0.29) is 11.8 Å². The zero-order valence-corrected chi connectivity index (χ0v) is 16.7. The van der Waals surface area contributed by atoms with Crippen LogP contribution in [0.2, 0.25) is 0 Å². The first kappa shape index (κ1) is 17.8. The minimum Gasteiger partial charge on any atom is -0.492 e. The molecule has 1 aliphatic heterocycles. The van der Waals surface area contributed by atoms with E-state index in [1.807, 2.05) is 0 Å². The molecule has 1 saturated carbocycles. The van der Waals surface area contributed by atoms with Crippen LogP contribution < -0.4 is 9.47 Å². The van der Waals surface area contributed by atoms with E-state index in [9.17, 15) is 4.39 Å². The van der Waals surface area contributed by atoms with Gasteiger partial charge in [-0.05, 0) is 52.4 Å². The van der Waals surface area contributed by atoms with Gasteiger partial charge in [0.2, 0.25) is 0 Å². The zero-order valence-electron chi connectivity index (χ0n) is 16.7. The maximum atomic E-state index is 14.2. The molecule has 4 aromatic carbocycles. The number of hydrogen-bond acceptors (Lipinski definition) is 2. The van der Waals surface area contributed by atoms with Crippen LogP contribution >= 0.6 is 0 Å². The second-order valence-electron chi connectivity index (χ2n) is 8.46. The molecular formula is C27H23FO2. The summed E-state index contributed by atoms with van der Waals surface area (Å²) in [7, 11) is 0. The van der Waals surface area contributed by atoms with Crippen molar-refractivity contribution in [2.24, 2.45) is 11.8 Å². The summed E-state index contributed by atoms with van der Waals surface area (Å²) in [5.74, 6) is 1.76. The van der Waals surface area contributed by atoms with Gasteiger partial charge in [0.05, 0.1) is 13.2 Å². The molecule has 0 N–H and O–H groups in total. The van der Waals surface area contributed by atoms with Crippen LogP contribution in [0, 0.1) is 11.8 Å². The Labute approximate surface area is 175 Å². The molecule has 0 amide bonds. The van der Waals surface area contributed by atoms with E-state index in [0.29, 0.717) is 19.6 Å². The summed E-state index contributed by atoms with van der Waals surface area (Å²) in [5, 5.41) is 4.61. The minimum absolute atomic E-state index is 0.0240. The summed E-state index contributed by atoms with van der Waals surface area (Å²) >= 11 is 0. The summed E-state index contributed by atoms with van der Waals surface area (Å²) in [5.41, 5.74) is 2.12. The van der Waals surface area contributed by atoms with Crippen molar-refractivity contribution in [3.05, 3.63) is 72.8 Å². The minimum atomic E-state index is -0.741. The number of ether oxygens (including phenoxy) is 2. The Balaban J connectivity index is 1.62. The lowest BCUT2D eigenvalue weighted by molar-refractivity contribution is 0.0175. The molecule has 2 atom stereocenters. The number of hydrogen-bond donors (Lipinski definition) is 0. The van der Waals surface area contributed by atoms with Gasteiger partial charge in [-0.25, -0.2) is 4.39 Å². The summed E-state index contributed by atoms with van der Waals surface area (Å²) in [4.78, 5) is 0. The molecule has 6 rings (SSSR count). The highest BCUT2D eigenvalue weighted by Gasteiger charge is 2.38. The number of alkyl halides is 1. The average Bonchev–Trinajstić information content (AvgIpc) is 2.86. The summed E-state index contributed by atoms with van der Waals surface area (Å²) in [6, 6.07) is 25.1. The van der Waals surface area contributed by atoms with Gasteiger partial charge in [0.1, 0.15) is 17.7 Å². The third kappa shape index (κ3) is 2.76.